The van der Waals surface area contributed by atoms with E-state index in [-0.39, 0.29) is 0 Å². The Bertz CT molecular complexity index is 8920. The molecule has 1 aliphatic carbocycles. The Kier molecular flexibility index (Phi) is 16.6. The van der Waals surface area contributed by atoms with Crippen LogP contribution in [0.15, 0.2) is 479 Å². The lowest BCUT2D eigenvalue weighted by atomic mass is 9.67. The maximum atomic E-state index is 2.54. The Balaban J connectivity index is 0.000000136. The minimum Gasteiger partial charge on any atom is -0.309 e. The SMILES string of the molecule is c1ccc(-c2ccc(-n3c4ccccc4c4cc(-c5ccc6c(c5)c5cc7c8ccccc8n(-c8ccccc8)c7cc5n6-c5ccc6ccccc6c5)ccc43)cc2)cc1.c1ccc(-c2ccc(-n3c4ccccc4c4cc(-c5ccc6c(c5)c5ccc7c(c5n6-c5ccc6ccccc6c5)-c5ccccc5C7(c5ccccc5)c5ccccc5)ccc43)cc2)cc1. The van der Waals surface area contributed by atoms with Gasteiger partial charge in [0.15, 0.2) is 0 Å². The Morgan fingerprint density at radius 1 is 0.148 bits per heavy atom. The van der Waals surface area contributed by atoms with E-state index in [4.69, 9.17) is 0 Å². The molecule has 0 spiro atoms. The smallest absolute Gasteiger partial charge is 0.0714 e. The lowest BCUT2D eigenvalue weighted by molar-refractivity contribution is 0.769. The number of hydrogen-bond donors (Lipinski definition) is 0. The highest BCUT2D eigenvalue weighted by Gasteiger charge is 2.47. The van der Waals surface area contributed by atoms with Gasteiger partial charge in [-0.05, 0) is 233 Å². The Morgan fingerprint density at radius 2 is 0.461 bits per heavy atom. The number of aromatic nitrogens is 5. The monoisotopic (exact) mass is 1630 g/mol. The molecule has 27 rings (SSSR count). The molecule has 128 heavy (non-hydrogen) atoms. The minimum absolute atomic E-state index is 0.503. The Labute approximate surface area is 739 Å². The Morgan fingerprint density at radius 3 is 0.938 bits per heavy atom. The lowest BCUT2D eigenvalue weighted by Crippen LogP contribution is -2.28. The van der Waals surface area contributed by atoms with E-state index in [9.17, 15) is 0 Å². The van der Waals surface area contributed by atoms with Crippen molar-refractivity contribution in [1.82, 2.24) is 22.8 Å². The van der Waals surface area contributed by atoms with Crippen molar-refractivity contribution >= 4 is 131 Å². The fourth-order valence-electron chi connectivity index (χ4n) is 21.6. The molecular weight excluding hydrogens is 1550 g/mol. The van der Waals surface area contributed by atoms with Gasteiger partial charge < -0.3 is 22.8 Å². The topological polar surface area (TPSA) is 24.6 Å². The third-order valence-electron chi connectivity index (χ3n) is 27.4. The van der Waals surface area contributed by atoms with Crippen LogP contribution in [0.5, 0.6) is 0 Å². The molecule has 0 fully saturated rings. The van der Waals surface area contributed by atoms with Crippen LogP contribution in [0.25, 0.3) is 215 Å². The number of rotatable bonds is 11. The van der Waals surface area contributed by atoms with E-state index in [1.807, 2.05) is 0 Å². The molecule has 596 valence electrons. The molecule has 5 heteroatoms. The first-order chi connectivity index (χ1) is 63.5. The largest absolute Gasteiger partial charge is 0.309 e. The van der Waals surface area contributed by atoms with Gasteiger partial charge in [-0.25, -0.2) is 0 Å². The number of para-hydroxylation sites is 4. The van der Waals surface area contributed by atoms with Crippen LogP contribution in [-0.4, -0.2) is 22.8 Å². The number of benzene rings is 21. The molecule has 5 aromatic heterocycles. The summed E-state index contributed by atoms with van der Waals surface area (Å²) in [5.74, 6) is 0. The van der Waals surface area contributed by atoms with Gasteiger partial charge in [-0.15, -0.1) is 0 Å². The van der Waals surface area contributed by atoms with E-state index < -0.39 is 5.41 Å². The molecule has 0 aliphatic heterocycles. The van der Waals surface area contributed by atoms with Crippen molar-refractivity contribution in [2.75, 3.05) is 0 Å². The fraction of sp³-hybridized carbons (Fsp3) is 0.00813. The normalized spacial score (nSPS) is 12.4. The predicted octanol–water partition coefficient (Wildman–Crippen LogP) is 32.2. The first-order valence-electron chi connectivity index (χ1n) is 44.3. The predicted molar refractivity (Wildman–Crippen MR) is 539 cm³/mol. The standard InChI is InChI=1S/C65H42N2.C58H37N3/c1-4-16-43(17-5-1)45-28-33-51(34-29-45)66-60-27-15-13-24-53(60)56-41-47(31-38-61(56)66)48-32-39-62-57(42-48)54-36-37-59-63(64(54)67(62)52-35-30-44-18-10-11-19-46(44)40-52)55-25-12-14-26-58(55)65(59,49-20-6-2-7-21-49)50-22-8-3-9-23-50;1-3-13-38(14-4-1)40-23-28-45(29-24-40)59-53-21-11-9-19-47(53)49-34-42(26-31-55(49)59)43-27-32-56-50(35-43)52-36-51-48-20-10-12-22-54(48)60(44-17-5-2-6-18-44)57(51)37-58(52)61(56)46-30-25-39-15-7-8-16-41(39)33-46/h1-42H;1-37H. The van der Waals surface area contributed by atoms with Crippen LogP contribution in [0, 0.1) is 0 Å². The summed E-state index contributed by atoms with van der Waals surface area (Å²) in [7, 11) is 0. The van der Waals surface area contributed by atoms with Gasteiger partial charge >= 0.3 is 0 Å². The quantitative estimate of drug-likeness (QED) is 0.123. The van der Waals surface area contributed by atoms with Crippen molar-refractivity contribution in [3.8, 4) is 84.1 Å². The molecular formula is C123H79N5. The van der Waals surface area contributed by atoms with E-state index in [2.05, 4.69) is 502 Å². The summed E-state index contributed by atoms with van der Waals surface area (Å²) >= 11 is 0. The molecule has 26 aromatic rings. The van der Waals surface area contributed by atoms with Crippen molar-refractivity contribution in [3.05, 3.63) is 501 Å². The number of hydrogen-bond acceptors (Lipinski definition) is 0. The van der Waals surface area contributed by atoms with Gasteiger partial charge in [0.05, 0.1) is 60.6 Å². The van der Waals surface area contributed by atoms with Crippen LogP contribution in [0.4, 0.5) is 0 Å². The first kappa shape index (κ1) is 72.7. The average Bonchev–Trinajstić information content (AvgIpc) is 1.51. The van der Waals surface area contributed by atoms with Crippen molar-refractivity contribution in [2.45, 2.75) is 5.41 Å². The molecule has 1 aliphatic rings. The van der Waals surface area contributed by atoms with Crippen LogP contribution in [0.3, 0.4) is 0 Å². The molecule has 5 nitrogen and oxygen atoms in total. The molecule has 0 saturated heterocycles. The second kappa shape index (κ2) is 29.2. The highest BCUT2D eigenvalue weighted by atomic mass is 15.0. The van der Waals surface area contributed by atoms with E-state index in [1.54, 1.807) is 0 Å². The summed E-state index contributed by atoms with van der Waals surface area (Å²) in [6, 6.07) is 177. The molecule has 0 unspecified atom stereocenters. The van der Waals surface area contributed by atoms with Gasteiger partial charge in [-0.2, -0.15) is 0 Å². The number of fused-ring (bicyclic) bond motifs is 21. The van der Waals surface area contributed by atoms with Crippen LogP contribution in [0.2, 0.25) is 0 Å². The van der Waals surface area contributed by atoms with Gasteiger partial charge in [0, 0.05) is 87.9 Å². The van der Waals surface area contributed by atoms with E-state index in [0.29, 0.717) is 0 Å². The fourth-order valence-corrected chi connectivity index (χ4v) is 21.6. The summed E-state index contributed by atoms with van der Waals surface area (Å²) in [4.78, 5) is 0. The second-order valence-corrected chi connectivity index (χ2v) is 34.2. The molecule has 0 N–H and O–H groups in total. The zero-order valence-corrected chi connectivity index (χ0v) is 69.8. The second-order valence-electron chi connectivity index (χ2n) is 34.2. The summed E-state index contributed by atoms with van der Waals surface area (Å²) in [6.45, 7) is 0. The van der Waals surface area contributed by atoms with Gasteiger partial charge in [-0.1, -0.05) is 340 Å². The molecule has 0 radical (unpaired) electrons. The molecule has 21 aromatic carbocycles. The van der Waals surface area contributed by atoms with Gasteiger partial charge in [-0.3, -0.25) is 0 Å². The van der Waals surface area contributed by atoms with Crippen molar-refractivity contribution in [3.63, 3.8) is 0 Å². The maximum Gasteiger partial charge on any atom is 0.0714 e. The van der Waals surface area contributed by atoms with Crippen LogP contribution >= 0.6 is 0 Å². The van der Waals surface area contributed by atoms with Gasteiger partial charge in [0.25, 0.3) is 0 Å². The zero-order valence-electron chi connectivity index (χ0n) is 69.8. The Hall–Kier alpha value is -16.9. The van der Waals surface area contributed by atoms with E-state index >= 15 is 0 Å². The highest BCUT2D eigenvalue weighted by Crippen LogP contribution is 2.59. The summed E-state index contributed by atoms with van der Waals surface area (Å²) < 4.78 is 12.2. The third-order valence-corrected chi connectivity index (χ3v) is 27.4. The average molecular weight is 1630 g/mol. The molecule has 0 atom stereocenters. The lowest BCUT2D eigenvalue weighted by Gasteiger charge is -2.33. The van der Waals surface area contributed by atoms with Crippen LogP contribution < -0.4 is 0 Å². The number of nitrogens with zero attached hydrogens (tertiary/aromatic N) is 5. The van der Waals surface area contributed by atoms with E-state index in [1.165, 1.54) is 208 Å². The summed E-state index contributed by atoms with van der Waals surface area (Å²) in [5, 5.41) is 17.4. The highest BCUT2D eigenvalue weighted by molar-refractivity contribution is 6.22. The molecule has 0 bridgehead atoms. The van der Waals surface area contributed by atoms with Crippen LogP contribution in [-0.2, 0) is 5.41 Å². The van der Waals surface area contributed by atoms with Gasteiger partial charge in [0.2, 0.25) is 0 Å². The van der Waals surface area contributed by atoms with Crippen LogP contribution in [0.1, 0.15) is 22.3 Å². The molecule has 0 amide bonds. The molecule has 0 saturated carbocycles. The van der Waals surface area contributed by atoms with E-state index in [0.717, 1.165) is 28.4 Å². The summed E-state index contributed by atoms with van der Waals surface area (Å²) in [6.07, 6.45) is 0. The minimum atomic E-state index is -0.503. The van der Waals surface area contributed by atoms with Crippen molar-refractivity contribution < 1.29 is 0 Å². The van der Waals surface area contributed by atoms with Gasteiger partial charge in [0.1, 0.15) is 0 Å². The summed E-state index contributed by atoms with van der Waals surface area (Å²) in [5.41, 5.74) is 34.6. The van der Waals surface area contributed by atoms with Crippen molar-refractivity contribution in [2.24, 2.45) is 0 Å². The maximum absolute atomic E-state index is 2.54. The first-order valence-corrected chi connectivity index (χ1v) is 44.3. The molecule has 5 heterocycles. The third kappa shape index (κ3) is 11.3. The zero-order chi connectivity index (χ0) is 84.1. The van der Waals surface area contributed by atoms with Crippen molar-refractivity contribution in [1.29, 1.82) is 0 Å².